The van der Waals surface area contributed by atoms with Gasteiger partial charge in [-0.2, -0.15) is 0 Å². The summed E-state index contributed by atoms with van der Waals surface area (Å²) in [6.45, 7) is 4.29. The Kier molecular flexibility index (Phi) is 7.36. The number of hydrogen-bond donors (Lipinski definition) is 0. The molecule has 0 aliphatic heterocycles. The number of hydrogen-bond acceptors (Lipinski definition) is 1. The van der Waals surface area contributed by atoms with Crippen LogP contribution >= 0.6 is 0 Å². The van der Waals surface area contributed by atoms with Crippen molar-refractivity contribution in [3.05, 3.63) is 187 Å². The zero-order valence-electron chi connectivity index (χ0n) is 26.7. The molecule has 0 atom stereocenters. The zero-order chi connectivity index (χ0) is 31.7. The molecule has 1 heteroatoms. The molecule has 0 spiro atoms. The fourth-order valence-electron chi connectivity index (χ4n) is 6.85. The minimum Gasteiger partial charge on any atom is -0.310 e. The number of aryl methyl sites for hydroxylation is 2. The topological polar surface area (TPSA) is 3.24 Å². The van der Waals surface area contributed by atoms with Gasteiger partial charge in [0.15, 0.2) is 0 Å². The molecular weight excluding hydrogens is 567 g/mol. The smallest absolute Gasteiger partial charge is 0.0474 e. The highest BCUT2D eigenvalue weighted by Crippen LogP contribution is 2.48. The highest BCUT2D eigenvalue weighted by atomic mass is 15.1. The van der Waals surface area contributed by atoms with Crippen LogP contribution in [0.25, 0.3) is 54.9 Å². The van der Waals surface area contributed by atoms with E-state index in [0.29, 0.717) is 0 Å². The molecule has 0 aromatic heterocycles. The predicted octanol–water partition coefficient (Wildman–Crippen LogP) is 13.1. The van der Waals surface area contributed by atoms with Crippen LogP contribution in [0.5, 0.6) is 0 Å². The minimum absolute atomic E-state index is 1.11. The van der Waals surface area contributed by atoms with Gasteiger partial charge in [0.05, 0.1) is 0 Å². The van der Waals surface area contributed by atoms with Crippen molar-refractivity contribution >= 4 is 38.6 Å². The third kappa shape index (κ3) is 5.37. The maximum absolute atomic E-state index is 2.40. The molecule has 0 fully saturated rings. The first-order valence-electron chi connectivity index (χ1n) is 16.3. The molecule has 0 heterocycles. The van der Waals surface area contributed by atoms with E-state index in [1.54, 1.807) is 0 Å². The van der Waals surface area contributed by atoms with Gasteiger partial charge in [-0.1, -0.05) is 151 Å². The maximum Gasteiger partial charge on any atom is 0.0474 e. The van der Waals surface area contributed by atoms with Crippen LogP contribution in [0.3, 0.4) is 0 Å². The predicted molar refractivity (Wildman–Crippen MR) is 202 cm³/mol. The third-order valence-electron chi connectivity index (χ3n) is 9.19. The number of benzene rings is 8. The van der Waals surface area contributed by atoms with Crippen molar-refractivity contribution in [2.24, 2.45) is 0 Å². The van der Waals surface area contributed by atoms with Crippen LogP contribution in [0.2, 0.25) is 0 Å². The van der Waals surface area contributed by atoms with E-state index < -0.39 is 0 Å². The number of nitrogens with zero attached hydrogens (tertiary/aromatic N) is 1. The van der Waals surface area contributed by atoms with Crippen molar-refractivity contribution in [1.29, 1.82) is 0 Å². The third-order valence-corrected chi connectivity index (χ3v) is 9.19. The van der Waals surface area contributed by atoms with Crippen LogP contribution < -0.4 is 4.90 Å². The largest absolute Gasteiger partial charge is 0.310 e. The van der Waals surface area contributed by atoms with E-state index in [1.807, 2.05) is 0 Å². The second-order valence-corrected chi connectivity index (χ2v) is 12.3. The van der Waals surface area contributed by atoms with E-state index in [2.05, 4.69) is 195 Å². The van der Waals surface area contributed by atoms with Gasteiger partial charge < -0.3 is 4.90 Å². The fraction of sp³-hybridized carbons (Fsp3) is 0.0435. The van der Waals surface area contributed by atoms with E-state index in [9.17, 15) is 0 Å². The Morgan fingerprint density at radius 3 is 1.26 bits per heavy atom. The van der Waals surface area contributed by atoms with Crippen molar-refractivity contribution < 1.29 is 0 Å². The lowest BCUT2D eigenvalue weighted by Crippen LogP contribution is -2.11. The normalized spacial score (nSPS) is 11.2. The molecule has 8 aromatic carbocycles. The van der Waals surface area contributed by atoms with Crippen molar-refractivity contribution in [3.8, 4) is 33.4 Å². The molecular formula is C46H35N. The summed E-state index contributed by atoms with van der Waals surface area (Å²) in [5.74, 6) is 0. The first-order valence-corrected chi connectivity index (χ1v) is 16.3. The summed E-state index contributed by atoms with van der Waals surface area (Å²) < 4.78 is 0. The summed E-state index contributed by atoms with van der Waals surface area (Å²) in [5, 5.41) is 4.95. The second kappa shape index (κ2) is 12.1. The Morgan fingerprint density at radius 1 is 0.340 bits per heavy atom. The molecule has 0 aliphatic carbocycles. The molecule has 0 aliphatic rings. The van der Waals surface area contributed by atoms with E-state index in [1.165, 1.54) is 66.1 Å². The Hall–Kier alpha value is -5.92. The molecule has 1 nitrogen and oxygen atoms in total. The lowest BCUT2D eigenvalue weighted by Gasteiger charge is -2.29. The molecule has 8 rings (SSSR count). The summed E-state index contributed by atoms with van der Waals surface area (Å²) in [7, 11) is 0. The van der Waals surface area contributed by atoms with Crippen LogP contribution in [-0.4, -0.2) is 0 Å². The molecule has 0 saturated carbocycles. The Labute approximate surface area is 277 Å². The van der Waals surface area contributed by atoms with Crippen molar-refractivity contribution in [2.45, 2.75) is 13.8 Å². The Morgan fingerprint density at radius 2 is 0.766 bits per heavy atom. The van der Waals surface area contributed by atoms with Crippen LogP contribution in [0.15, 0.2) is 176 Å². The van der Waals surface area contributed by atoms with Gasteiger partial charge >= 0.3 is 0 Å². The van der Waals surface area contributed by atoms with Crippen LogP contribution in [0.4, 0.5) is 17.1 Å². The van der Waals surface area contributed by atoms with Gasteiger partial charge in [0.2, 0.25) is 0 Å². The zero-order valence-corrected chi connectivity index (χ0v) is 26.7. The molecule has 0 radical (unpaired) electrons. The van der Waals surface area contributed by atoms with Crippen LogP contribution in [0, 0.1) is 13.8 Å². The summed E-state index contributed by atoms with van der Waals surface area (Å²) >= 11 is 0. The Bertz CT molecular complexity index is 2190. The molecule has 8 aromatic rings. The van der Waals surface area contributed by atoms with E-state index >= 15 is 0 Å². The summed E-state index contributed by atoms with van der Waals surface area (Å²) in [4.78, 5) is 2.40. The van der Waals surface area contributed by atoms with Gasteiger partial charge in [-0.3, -0.25) is 0 Å². The quantitative estimate of drug-likeness (QED) is 0.183. The standard InChI is InChI=1S/C46H35N/c1-32-22-26-37(27-23-32)47(38-28-24-33(2)25-29-38)39-30-44(42-20-10-16-34-12-6-8-18-40(34)42)46(36-14-4-3-5-15-36)45(31-39)43-21-11-17-35-13-7-9-19-41(35)43/h3-31H,1-2H3. The van der Waals surface area contributed by atoms with Gasteiger partial charge in [0.1, 0.15) is 0 Å². The van der Waals surface area contributed by atoms with Crippen molar-refractivity contribution in [2.75, 3.05) is 4.90 Å². The molecule has 47 heavy (non-hydrogen) atoms. The Balaban J connectivity index is 1.53. The van der Waals surface area contributed by atoms with Gasteiger partial charge in [-0.25, -0.2) is 0 Å². The summed E-state index contributed by atoms with van der Waals surface area (Å²) in [6, 6.07) is 64.2. The van der Waals surface area contributed by atoms with Gasteiger partial charge in [-0.05, 0) is 105 Å². The highest BCUT2D eigenvalue weighted by Gasteiger charge is 2.22. The summed E-state index contributed by atoms with van der Waals surface area (Å²) in [5.41, 5.74) is 13.1. The van der Waals surface area contributed by atoms with Gasteiger partial charge in [0, 0.05) is 17.1 Å². The average molecular weight is 602 g/mol. The van der Waals surface area contributed by atoms with Crippen LogP contribution in [-0.2, 0) is 0 Å². The average Bonchev–Trinajstić information content (AvgIpc) is 3.13. The monoisotopic (exact) mass is 601 g/mol. The highest BCUT2D eigenvalue weighted by molar-refractivity contribution is 6.09. The second-order valence-electron chi connectivity index (χ2n) is 12.3. The molecule has 0 bridgehead atoms. The van der Waals surface area contributed by atoms with E-state index in [4.69, 9.17) is 0 Å². The first kappa shape index (κ1) is 28.5. The molecule has 224 valence electrons. The molecule has 0 unspecified atom stereocenters. The van der Waals surface area contributed by atoms with Gasteiger partial charge in [-0.15, -0.1) is 0 Å². The number of anilines is 3. The summed E-state index contributed by atoms with van der Waals surface area (Å²) in [6.07, 6.45) is 0. The van der Waals surface area contributed by atoms with Crippen molar-refractivity contribution in [1.82, 2.24) is 0 Å². The minimum atomic E-state index is 1.11. The fourth-order valence-corrected chi connectivity index (χ4v) is 6.85. The lowest BCUT2D eigenvalue weighted by atomic mass is 9.84. The number of rotatable bonds is 6. The van der Waals surface area contributed by atoms with E-state index in [0.717, 1.165) is 17.1 Å². The first-order chi connectivity index (χ1) is 23.1. The van der Waals surface area contributed by atoms with Crippen molar-refractivity contribution in [3.63, 3.8) is 0 Å². The maximum atomic E-state index is 2.40. The van der Waals surface area contributed by atoms with Crippen LogP contribution in [0.1, 0.15) is 11.1 Å². The number of fused-ring (bicyclic) bond motifs is 2. The molecule has 0 N–H and O–H groups in total. The molecule has 0 amide bonds. The SMILES string of the molecule is Cc1ccc(N(c2ccc(C)cc2)c2cc(-c3cccc4ccccc34)c(-c3ccccc3)c(-c3cccc4ccccc34)c2)cc1. The van der Waals surface area contributed by atoms with E-state index in [-0.39, 0.29) is 0 Å². The molecule has 0 saturated heterocycles. The lowest BCUT2D eigenvalue weighted by molar-refractivity contribution is 1.27. The van der Waals surface area contributed by atoms with Gasteiger partial charge in [0.25, 0.3) is 0 Å².